The number of halogens is 1. The van der Waals surface area contributed by atoms with Crippen LogP contribution in [0.15, 0.2) is 52.9 Å². The van der Waals surface area contributed by atoms with Crippen LogP contribution in [0.3, 0.4) is 0 Å². The van der Waals surface area contributed by atoms with Crippen LogP contribution in [-0.2, 0) is 27.9 Å². The second-order valence-electron chi connectivity index (χ2n) is 6.35. The van der Waals surface area contributed by atoms with Crippen LogP contribution in [0.2, 0.25) is 5.02 Å². The van der Waals surface area contributed by atoms with Crippen LogP contribution in [0.1, 0.15) is 17.0 Å². The van der Waals surface area contributed by atoms with Gasteiger partial charge in [0.15, 0.2) is 0 Å². The number of hydrogen-bond donors (Lipinski definition) is 1. The lowest BCUT2D eigenvalue weighted by Crippen LogP contribution is -2.28. The fourth-order valence-corrected chi connectivity index (χ4v) is 3.95. The first-order valence-electron chi connectivity index (χ1n) is 8.92. The van der Waals surface area contributed by atoms with E-state index in [0.717, 1.165) is 11.1 Å². The molecule has 3 rings (SSSR count). The Kier molecular flexibility index (Phi) is 7.06. The highest BCUT2D eigenvalue weighted by Crippen LogP contribution is 2.25. The van der Waals surface area contributed by atoms with E-state index in [0.29, 0.717) is 34.7 Å². The molecule has 1 amide bonds. The molecule has 0 unspecified atom stereocenters. The molecule has 2 aromatic carbocycles. The average Bonchev–Trinajstić information content (AvgIpc) is 3.07. The number of hydrogen-bond acceptors (Lipinski definition) is 5. The number of methoxy groups -OCH3 is 1. The van der Waals surface area contributed by atoms with E-state index in [1.807, 2.05) is 42.5 Å². The molecule has 3 aromatic rings. The Balaban J connectivity index is 1.58. The number of rotatable bonds is 8. The molecule has 0 aliphatic heterocycles. The fourth-order valence-electron chi connectivity index (χ4n) is 2.68. The molecule has 0 spiro atoms. The van der Waals surface area contributed by atoms with Crippen LogP contribution in [0.4, 0.5) is 0 Å². The van der Waals surface area contributed by atoms with E-state index < -0.39 is 10.8 Å². The Labute approximate surface area is 176 Å². The van der Waals surface area contributed by atoms with Crippen LogP contribution < -0.4 is 10.1 Å². The zero-order valence-corrected chi connectivity index (χ0v) is 17.7. The van der Waals surface area contributed by atoms with Gasteiger partial charge in [-0.05, 0) is 36.8 Å². The third kappa shape index (κ3) is 5.68. The zero-order chi connectivity index (χ0) is 20.8. The molecule has 0 saturated carbocycles. The maximum absolute atomic E-state index is 12.4. The number of carbonyl (C=O) groups is 1. The van der Waals surface area contributed by atoms with Crippen molar-refractivity contribution in [2.75, 3.05) is 12.9 Å². The van der Waals surface area contributed by atoms with Crippen molar-refractivity contribution in [2.24, 2.45) is 0 Å². The zero-order valence-electron chi connectivity index (χ0n) is 16.1. The third-order valence-corrected chi connectivity index (χ3v) is 5.78. The lowest BCUT2D eigenvalue weighted by Gasteiger charge is -2.06. The molecule has 29 heavy (non-hydrogen) atoms. The summed E-state index contributed by atoms with van der Waals surface area (Å²) in [5, 5.41) is 3.32. The van der Waals surface area contributed by atoms with Crippen molar-refractivity contribution in [1.82, 2.24) is 10.3 Å². The summed E-state index contributed by atoms with van der Waals surface area (Å²) >= 11 is 6.07. The minimum absolute atomic E-state index is 0.120. The molecule has 152 valence electrons. The maximum Gasteiger partial charge on any atom is 0.232 e. The molecule has 0 saturated heterocycles. The molecule has 0 aliphatic carbocycles. The first-order chi connectivity index (χ1) is 14.0. The Bertz CT molecular complexity index is 1040. The van der Waals surface area contributed by atoms with Gasteiger partial charge < -0.3 is 14.5 Å². The van der Waals surface area contributed by atoms with Gasteiger partial charge in [-0.25, -0.2) is 4.98 Å². The van der Waals surface area contributed by atoms with Gasteiger partial charge in [0, 0.05) is 27.9 Å². The van der Waals surface area contributed by atoms with Crippen molar-refractivity contribution in [3.63, 3.8) is 0 Å². The van der Waals surface area contributed by atoms with Crippen LogP contribution in [0.25, 0.3) is 11.5 Å². The summed E-state index contributed by atoms with van der Waals surface area (Å²) in [4.78, 5) is 16.5. The normalized spacial score (nSPS) is 11.8. The second kappa shape index (κ2) is 9.71. The van der Waals surface area contributed by atoms with Gasteiger partial charge in [0.1, 0.15) is 17.3 Å². The van der Waals surface area contributed by atoms with Crippen molar-refractivity contribution in [3.8, 4) is 17.2 Å². The van der Waals surface area contributed by atoms with Crippen LogP contribution in [-0.4, -0.2) is 28.0 Å². The Hall–Kier alpha value is -2.64. The Morgan fingerprint density at radius 1 is 1.24 bits per heavy atom. The lowest BCUT2D eigenvalue weighted by atomic mass is 10.2. The topological polar surface area (TPSA) is 81.4 Å². The predicted octanol–water partition coefficient (Wildman–Crippen LogP) is 3.88. The summed E-state index contributed by atoms with van der Waals surface area (Å²) < 4.78 is 23.3. The highest BCUT2D eigenvalue weighted by atomic mass is 35.5. The van der Waals surface area contributed by atoms with Crippen molar-refractivity contribution in [2.45, 2.75) is 19.2 Å². The molecule has 1 heterocycles. The highest BCUT2D eigenvalue weighted by molar-refractivity contribution is 7.84. The van der Waals surface area contributed by atoms with Gasteiger partial charge in [-0.2, -0.15) is 0 Å². The van der Waals surface area contributed by atoms with E-state index in [1.165, 1.54) is 0 Å². The average molecular weight is 433 g/mol. The van der Waals surface area contributed by atoms with Crippen molar-refractivity contribution < 1.29 is 18.2 Å². The SMILES string of the molecule is COc1cccc(-c2nc(C[S@](=O)CC(=O)NCc3ccccc3Cl)c(C)o2)c1. The first-order valence-corrected chi connectivity index (χ1v) is 10.8. The maximum atomic E-state index is 12.4. The van der Waals surface area contributed by atoms with Gasteiger partial charge in [-0.15, -0.1) is 0 Å². The lowest BCUT2D eigenvalue weighted by molar-refractivity contribution is -0.118. The van der Waals surface area contributed by atoms with Gasteiger partial charge in [-0.3, -0.25) is 9.00 Å². The summed E-state index contributed by atoms with van der Waals surface area (Å²) in [6.45, 7) is 2.05. The quantitative estimate of drug-likeness (QED) is 0.584. The van der Waals surface area contributed by atoms with Crippen molar-refractivity contribution in [3.05, 3.63) is 70.6 Å². The number of oxazole rings is 1. The Morgan fingerprint density at radius 2 is 2.03 bits per heavy atom. The van der Waals surface area contributed by atoms with Crippen molar-refractivity contribution >= 4 is 28.3 Å². The molecular formula is C21H21ClN2O4S. The number of aromatic nitrogens is 1. The molecule has 1 N–H and O–H groups in total. The monoisotopic (exact) mass is 432 g/mol. The molecule has 1 aromatic heterocycles. The fraction of sp³-hybridized carbons (Fsp3) is 0.238. The first kappa shape index (κ1) is 21.1. The standard InChI is InChI=1S/C21H21ClN2O4S/c1-14-19(24-21(28-14)15-7-5-8-17(10-15)27-2)12-29(26)13-20(25)23-11-16-6-3-4-9-18(16)22/h3-10H,11-13H2,1-2H3,(H,23,25)/t29-/m0/s1. The van der Waals surface area contributed by atoms with Gasteiger partial charge in [-0.1, -0.05) is 35.9 Å². The predicted molar refractivity (Wildman–Crippen MR) is 113 cm³/mol. The van der Waals surface area contributed by atoms with Crippen LogP contribution >= 0.6 is 11.6 Å². The van der Waals surface area contributed by atoms with Crippen molar-refractivity contribution in [1.29, 1.82) is 0 Å². The number of nitrogens with one attached hydrogen (secondary N) is 1. The molecule has 0 fully saturated rings. The second-order valence-corrected chi connectivity index (χ2v) is 8.21. The number of nitrogens with zero attached hydrogens (tertiary/aromatic N) is 1. The van der Waals surface area contributed by atoms with Gasteiger partial charge >= 0.3 is 0 Å². The largest absolute Gasteiger partial charge is 0.497 e. The minimum Gasteiger partial charge on any atom is -0.497 e. The van der Waals surface area contributed by atoms with E-state index in [4.69, 9.17) is 20.8 Å². The van der Waals surface area contributed by atoms with E-state index >= 15 is 0 Å². The number of aryl methyl sites for hydroxylation is 1. The molecular weight excluding hydrogens is 412 g/mol. The Morgan fingerprint density at radius 3 is 2.79 bits per heavy atom. The molecule has 6 nitrogen and oxygen atoms in total. The smallest absolute Gasteiger partial charge is 0.232 e. The third-order valence-electron chi connectivity index (χ3n) is 4.23. The minimum atomic E-state index is -1.42. The van der Waals surface area contributed by atoms with Gasteiger partial charge in [0.25, 0.3) is 0 Å². The van der Waals surface area contributed by atoms with Gasteiger partial charge in [0.2, 0.25) is 11.8 Å². The molecule has 0 bridgehead atoms. The highest BCUT2D eigenvalue weighted by Gasteiger charge is 2.16. The molecule has 0 radical (unpaired) electrons. The van der Waals surface area contributed by atoms with E-state index in [9.17, 15) is 9.00 Å². The summed E-state index contributed by atoms with van der Waals surface area (Å²) in [6.07, 6.45) is 0. The van der Waals surface area contributed by atoms with E-state index in [-0.39, 0.29) is 17.4 Å². The number of amides is 1. The summed E-state index contributed by atoms with van der Waals surface area (Å²) in [7, 11) is 0.173. The summed E-state index contributed by atoms with van der Waals surface area (Å²) in [5.74, 6) is 1.41. The summed E-state index contributed by atoms with van der Waals surface area (Å²) in [6, 6.07) is 14.6. The molecule has 8 heteroatoms. The van der Waals surface area contributed by atoms with E-state index in [2.05, 4.69) is 10.3 Å². The molecule has 0 aliphatic rings. The summed E-state index contributed by atoms with van der Waals surface area (Å²) in [5.41, 5.74) is 2.14. The number of carbonyl (C=O) groups excluding carboxylic acids is 1. The van der Waals surface area contributed by atoms with Crippen LogP contribution in [0.5, 0.6) is 5.75 Å². The van der Waals surface area contributed by atoms with Gasteiger partial charge in [0.05, 0.1) is 18.6 Å². The number of benzene rings is 2. The number of ether oxygens (including phenoxy) is 1. The molecule has 1 atom stereocenters. The van der Waals surface area contributed by atoms with Crippen LogP contribution in [0, 0.1) is 6.92 Å². The van der Waals surface area contributed by atoms with E-state index in [1.54, 1.807) is 20.1 Å².